The van der Waals surface area contributed by atoms with Crippen LogP contribution in [0.3, 0.4) is 0 Å². The molecule has 5 heteroatoms. The summed E-state index contributed by atoms with van der Waals surface area (Å²) in [6.07, 6.45) is -0.995. The minimum atomic E-state index is -0.995. The molecule has 0 bridgehead atoms. The summed E-state index contributed by atoms with van der Waals surface area (Å²) in [5.41, 5.74) is 1.90. The van der Waals surface area contributed by atoms with Crippen LogP contribution in [0.15, 0.2) is 51.6 Å². The summed E-state index contributed by atoms with van der Waals surface area (Å²) in [6, 6.07) is 13.5. The van der Waals surface area contributed by atoms with Crippen LogP contribution in [0.2, 0.25) is 0 Å². The molecule has 3 rings (SSSR count). The Morgan fingerprint density at radius 3 is 2.44 bits per heavy atom. The lowest BCUT2D eigenvalue weighted by atomic mass is 10.0. The average molecular weight is 402 g/mol. The van der Waals surface area contributed by atoms with Crippen molar-refractivity contribution in [3.63, 3.8) is 0 Å². The highest BCUT2D eigenvalue weighted by Gasteiger charge is 2.31. The third-order valence-corrected chi connectivity index (χ3v) is 4.66. The van der Waals surface area contributed by atoms with Crippen molar-refractivity contribution in [3.8, 4) is 11.3 Å². The van der Waals surface area contributed by atoms with E-state index in [2.05, 4.69) is 15.9 Å². The molecule has 1 aromatic heterocycles. The lowest BCUT2D eigenvalue weighted by Crippen LogP contribution is -2.45. The van der Waals surface area contributed by atoms with Gasteiger partial charge in [0, 0.05) is 21.9 Å². The number of carbonyl (C=O) groups is 1. The Balaban J connectivity index is 2.29. The van der Waals surface area contributed by atoms with Crippen molar-refractivity contribution in [2.75, 3.05) is 4.90 Å². The van der Waals surface area contributed by atoms with E-state index >= 15 is 0 Å². The Labute approximate surface area is 155 Å². The van der Waals surface area contributed by atoms with Crippen LogP contribution in [0.1, 0.15) is 26.3 Å². The molecule has 0 fully saturated rings. The number of hydrogen-bond donors (Lipinski definition) is 1. The molecule has 25 heavy (non-hydrogen) atoms. The summed E-state index contributed by atoms with van der Waals surface area (Å²) in [5.74, 6) is 0.660. The molecule has 0 saturated heterocycles. The summed E-state index contributed by atoms with van der Waals surface area (Å²) in [7, 11) is 0. The van der Waals surface area contributed by atoms with Gasteiger partial charge < -0.3 is 9.52 Å². The fourth-order valence-corrected chi connectivity index (χ4v) is 3.52. The van der Waals surface area contributed by atoms with Crippen LogP contribution in [0, 0.1) is 6.92 Å². The number of halogens is 1. The molecular weight excluding hydrogens is 382 g/mol. The molecule has 0 saturated carbocycles. The SMILES string of the molecule is Cc1ccc2c(-c3ccccc3N(C(=O)O)C(C)(C)C)oc(Br)c2c1. The first-order chi connectivity index (χ1) is 11.7. The minimum absolute atomic E-state index is 0.585. The molecule has 2 aromatic carbocycles. The number of hydrogen-bond acceptors (Lipinski definition) is 2. The number of amides is 1. The number of anilines is 1. The monoisotopic (exact) mass is 401 g/mol. The number of benzene rings is 2. The number of para-hydroxylation sites is 1. The number of furan rings is 1. The van der Waals surface area contributed by atoms with E-state index in [1.54, 1.807) is 0 Å². The highest BCUT2D eigenvalue weighted by atomic mass is 79.9. The second kappa shape index (κ2) is 6.23. The fourth-order valence-electron chi connectivity index (χ4n) is 3.03. The molecular formula is C20H20BrNO3. The topological polar surface area (TPSA) is 53.7 Å². The maximum atomic E-state index is 11.9. The van der Waals surface area contributed by atoms with E-state index in [1.165, 1.54) is 4.90 Å². The highest BCUT2D eigenvalue weighted by molar-refractivity contribution is 9.10. The average Bonchev–Trinajstić information content (AvgIpc) is 2.82. The van der Waals surface area contributed by atoms with Gasteiger partial charge in [-0.2, -0.15) is 0 Å². The summed E-state index contributed by atoms with van der Waals surface area (Å²) >= 11 is 3.48. The van der Waals surface area contributed by atoms with Crippen LogP contribution >= 0.6 is 15.9 Å². The van der Waals surface area contributed by atoms with E-state index in [0.29, 0.717) is 16.1 Å². The molecule has 0 aliphatic rings. The number of fused-ring (bicyclic) bond motifs is 1. The van der Waals surface area contributed by atoms with Gasteiger partial charge in [-0.15, -0.1) is 0 Å². The first-order valence-corrected chi connectivity index (χ1v) is 8.80. The van der Waals surface area contributed by atoms with E-state index in [0.717, 1.165) is 21.9 Å². The smallest absolute Gasteiger partial charge is 0.412 e. The lowest BCUT2D eigenvalue weighted by Gasteiger charge is -2.34. The maximum absolute atomic E-state index is 11.9. The predicted octanol–water partition coefficient (Wildman–Crippen LogP) is 6.45. The Kier molecular flexibility index (Phi) is 4.37. The summed E-state index contributed by atoms with van der Waals surface area (Å²) in [4.78, 5) is 13.3. The van der Waals surface area contributed by atoms with Gasteiger partial charge in [0.2, 0.25) is 0 Å². The van der Waals surface area contributed by atoms with E-state index < -0.39 is 11.6 Å². The van der Waals surface area contributed by atoms with E-state index in [1.807, 2.05) is 70.2 Å². The molecule has 0 aliphatic carbocycles. The lowest BCUT2D eigenvalue weighted by molar-refractivity contribution is 0.195. The third-order valence-electron chi connectivity index (χ3n) is 4.07. The molecule has 0 radical (unpaired) electrons. The third kappa shape index (κ3) is 3.16. The Bertz CT molecular complexity index is 953. The van der Waals surface area contributed by atoms with Gasteiger partial charge >= 0.3 is 6.09 Å². The van der Waals surface area contributed by atoms with Gasteiger partial charge in [-0.3, -0.25) is 4.90 Å². The van der Waals surface area contributed by atoms with E-state index in [-0.39, 0.29) is 0 Å². The van der Waals surface area contributed by atoms with Crippen molar-refractivity contribution in [1.82, 2.24) is 0 Å². The van der Waals surface area contributed by atoms with E-state index in [4.69, 9.17) is 4.42 Å². The second-order valence-electron chi connectivity index (χ2n) is 7.06. The molecule has 130 valence electrons. The molecule has 1 N–H and O–H groups in total. The normalized spacial score (nSPS) is 11.7. The van der Waals surface area contributed by atoms with Crippen LogP contribution in [0.4, 0.5) is 10.5 Å². The molecule has 0 unspecified atom stereocenters. The van der Waals surface area contributed by atoms with Gasteiger partial charge in [0.25, 0.3) is 0 Å². The molecule has 0 atom stereocenters. The maximum Gasteiger partial charge on any atom is 0.412 e. The Morgan fingerprint density at radius 1 is 1.12 bits per heavy atom. The van der Waals surface area contributed by atoms with Crippen LogP contribution < -0.4 is 4.90 Å². The fraction of sp³-hybridized carbons (Fsp3) is 0.250. The van der Waals surface area contributed by atoms with Gasteiger partial charge in [-0.05, 0) is 61.8 Å². The standard InChI is InChI=1S/C20H20BrNO3/c1-12-9-10-13-15(11-12)18(21)25-17(13)14-7-5-6-8-16(14)22(19(23)24)20(2,3)4/h5-11H,1-4H3,(H,23,24). The quantitative estimate of drug-likeness (QED) is 0.536. The van der Waals surface area contributed by atoms with Gasteiger partial charge in [-0.25, -0.2) is 4.79 Å². The largest absolute Gasteiger partial charge is 0.465 e. The predicted molar refractivity (Wildman–Crippen MR) is 104 cm³/mol. The molecule has 1 amide bonds. The van der Waals surface area contributed by atoms with E-state index in [9.17, 15) is 9.90 Å². The van der Waals surface area contributed by atoms with Crippen molar-refractivity contribution in [3.05, 3.63) is 52.7 Å². The molecule has 1 heterocycles. The first kappa shape index (κ1) is 17.5. The van der Waals surface area contributed by atoms with Gasteiger partial charge in [-0.1, -0.05) is 29.8 Å². The highest BCUT2D eigenvalue weighted by Crippen LogP contribution is 2.42. The summed E-state index contributed by atoms with van der Waals surface area (Å²) in [5, 5.41) is 11.7. The van der Waals surface area contributed by atoms with Crippen LogP contribution in [-0.4, -0.2) is 16.7 Å². The summed E-state index contributed by atoms with van der Waals surface area (Å²) < 4.78 is 6.63. The van der Waals surface area contributed by atoms with Crippen LogP contribution in [0.5, 0.6) is 0 Å². The second-order valence-corrected chi connectivity index (χ2v) is 7.78. The van der Waals surface area contributed by atoms with Gasteiger partial charge in [0.1, 0.15) is 5.76 Å². The zero-order valence-corrected chi connectivity index (χ0v) is 16.2. The van der Waals surface area contributed by atoms with Crippen molar-refractivity contribution >= 4 is 38.5 Å². The van der Waals surface area contributed by atoms with Crippen LogP contribution in [0.25, 0.3) is 22.1 Å². The van der Waals surface area contributed by atoms with Crippen molar-refractivity contribution in [2.45, 2.75) is 33.2 Å². The number of aryl methyl sites for hydroxylation is 1. The molecule has 3 aromatic rings. The van der Waals surface area contributed by atoms with Crippen LogP contribution in [-0.2, 0) is 0 Å². The zero-order valence-electron chi connectivity index (χ0n) is 14.6. The first-order valence-electron chi connectivity index (χ1n) is 8.01. The van der Waals surface area contributed by atoms with Crippen molar-refractivity contribution in [1.29, 1.82) is 0 Å². The zero-order chi connectivity index (χ0) is 18.4. The molecule has 4 nitrogen and oxygen atoms in total. The number of nitrogens with zero attached hydrogens (tertiary/aromatic N) is 1. The van der Waals surface area contributed by atoms with Gasteiger partial charge in [0.05, 0.1) is 5.69 Å². The Morgan fingerprint density at radius 2 is 1.80 bits per heavy atom. The minimum Gasteiger partial charge on any atom is -0.465 e. The molecule has 0 spiro atoms. The van der Waals surface area contributed by atoms with Gasteiger partial charge in [0.15, 0.2) is 4.67 Å². The Hall–Kier alpha value is -2.27. The van der Waals surface area contributed by atoms with Crippen molar-refractivity contribution < 1.29 is 14.3 Å². The summed E-state index contributed by atoms with van der Waals surface area (Å²) in [6.45, 7) is 7.64. The number of rotatable bonds is 2. The number of carboxylic acid groups (broad SMARTS) is 1. The van der Waals surface area contributed by atoms with Crippen molar-refractivity contribution in [2.24, 2.45) is 0 Å². The molecule has 0 aliphatic heterocycles.